The minimum absolute atomic E-state index is 0.00778. The Morgan fingerprint density at radius 2 is 2.07 bits per heavy atom. The van der Waals surface area contributed by atoms with E-state index in [9.17, 15) is 0 Å². The van der Waals surface area contributed by atoms with E-state index in [1.165, 1.54) is 0 Å². The van der Waals surface area contributed by atoms with E-state index < -0.39 is 0 Å². The van der Waals surface area contributed by atoms with Crippen LogP contribution in [-0.4, -0.2) is 16.0 Å². The Bertz CT molecular complexity index is 300. The molecule has 0 aromatic carbocycles. The van der Waals surface area contributed by atoms with Crippen molar-refractivity contribution in [1.29, 1.82) is 0 Å². The summed E-state index contributed by atoms with van der Waals surface area (Å²) in [4.78, 5) is 8.76. The molecule has 1 aromatic rings. The second-order valence-electron chi connectivity index (χ2n) is 4.80. The molecule has 1 unspecified atom stereocenters. The lowest BCUT2D eigenvalue weighted by atomic mass is 9.95. The van der Waals surface area contributed by atoms with E-state index in [0.717, 1.165) is 17.9 Å². The molecule has 1 rings (SSSR count). The highest BCUT2D eigenvalue weighted by Gasteiger charge is 2.17. The molecule has 78 valence electrons. The fourth-order valence-electron chi connectivity index (χ4n) is 1.20. The van der Waals surface area contributed by atoms with Crippen LogP contribution in [0.5, 0.6) is 0 Å². The van der Waals surface area contributed by atoms with Crippen molar-refractivity contribution in [2.45, 2.75) is 45.6 Å². The zero-order valence-electron chi connectivity index (χ0n) is 9.41. The number of nitrogens with two attached hydrogens (primary N) is 1. The van der Waals surface area contributed by atoms with Crippen molar-refractivity contribution in [3.05, 3.63) is 23.8 Å². The molecule has 0 fully saturated rings. The molecule has 1 heterocycles. The Morgan fingerprint density at radius 1 is 1.43 bits per heavy atom. The quantitative estimate of drug-likeness (QED) is 0.777. The van der Waals surface area contributed by atoms with Gasteiger partial charge in [0, 0.05) is 29.8 Å². The SMILES string of the molecule is CC(N)Cc1ccnc(C(C)(C)C)n1. The second-order valence-corrected chi connectivity index (χ2v) is 4.80. The maximum absolute atomic E-state index is 5.72. The fourth-order valence-corrected chi connectivity index (χ4v) is 1.20. The normalized spacial score (nSPS) is 14.1. The maximum atomic E-state index is 5.72. The molecule has 0 saturated carbocycles. The molecule has 14 heavy (non-hydrogen) atoms. The summed E-state index contributed by atoms with van der Waals surface area (Å²) in [6.07, 6.45) is 2.62. The van der Waals surface area contributed by atoms with E-state index in [2.05, 4.69) is 30.7 Å². The van der Waals surface area contributed by atoms with Gasteiger partial charge in [-0.25, -0.2) is 9.97 Å². The molecule has 3 heteroatoms. The summed E-state index contributed by atoms with van der Waals surface area (Å²) in [5.41, 5.74) is 6.76. The van der Waals surface area contributed by atoms with Gasteiger partial charge in [-0.2, -0.15) is 0 Å². The van der Waals surface area contributed by atoms with Crippen LogP contribution in [0.25, 0.3) is 0 Å². The third kappa shape index (κ3) is 3.07. The summed E-state index contributed by atoms with van der Waals surface area (Å²) in [6.45, 7) is 8.31. The smallest absolute Gasteiger partial charge is 0.133 e. The van der Waals surface area contributed by atoms with Gasteiger partial charge in [0.15, 0.2) is 0 Å². The molecule has 0 aliphatic carbocycles. The van der Waals surface area contributed by atoms with E-state index in [0.29, 0.717) is 0 Å². The van der Waals surface area contributed by atoms with Crippen molar-refractivity contribution in [1.82, 2.24) is 9.97 Å². The molecule has 1 aromatic heterocycles. The van der Waals surface area contributed by atoms with E-state index in [-0.39, 0.29) is 11.5 Å². The Balaban J connectivity index is 2.90. The summed E-state index contributed by atoms with van der Waals surface area (Å²) in [5.74, 6) is 0.885. The average molecular weight is 193 g/mol. The Kier molecular flexibility index (Phi) is 3.21. The van der Waals surface area contributed by atoms with Crippen molar-refractivity contribution in [3.8, 4) is 0 Å². The highest BCUT2D eigenvalue weighted by Crippen LogP contribution is 2.17. The van der Waals surface area contributed by atoms with Gasteiger partial charge in [0.05, 0.1) is 0 Å². The molecular formula is C11H19N3. The molecule has 0 saturated heterocycles. The van der Waals surface area contributed by atoms with Gasteiger partial charge in [-0.05, 0) is 13.0 Å². The first kappa shape index (κ1) is 11.1. The number of aromatic nitrogens is 2. The summed E-state index contributed by atoms with van der Waals surface area (Å²) < 4.78 is 0. The van der Waals surface area contributed by atoms with Gasteiger partial charge in [-0.3, -0.25) is 0 Å². The van der Waals surface area contributed by atoms with Crippen molar-refractivity contribution >= 4 is 0 Å². The first-order valence-corrected chi connectivity index (χ1v) is 4.97. The highest BCUT2D eigenvalue weighted by molar-refractivity contribution is 5.09. The standard InChI is InChI=1S/C11H19N3/c1-8(12)7-9-5-6-13-10(14-9)11(2,3)4/h5-6,8H,7,12H2,1-4H3. The Labute approximate surface area is 85.8 Å². The molecule has 1 atom stereocenters. The van der Waals surface area contributed by atoms with Gasteiger partial charge < -0.3 is 5.73 Å². The Morgan fingerprint density at radius 3 is 2.57 bits per heavy atom. The lowest BCUT2D eigenvalue weighted by molar-refractivity contribution is 0.539. The van der Waals surface area contributed by atoms with Crippen LogP contribution in [0.3, 0.4) is 0 Å². The molecule has 3 nitrogen and oxygen atoms in total. The number of nitrogens with zero attached hydrogens (tertiary/aromatic N) is 2. The third-order valence-electron chi connectivity index (χ3n) is 1.92. The molecule has 0 radical (unpaired) electrons. The van der Waals surface area contributed by atoms with Crippen LogP contribution in [0.4, 0.5) is 0 Å². The van der Waals surface area contributed by atoms with Crippen LogP contribution >= 0.6 is 0 Å². The Hall–Kier alpha value is -0.960. The van der Waals surface area contributed by atoms with Crippen LogP contribution in [0.15, 0.2) is 12.3 Å². The van der Waals surface area contributed by atoms with Crippen molar-refractivity contribution < 1.29 is 0 Å². The van der Waals surface area contributed by atoms with E-state index in [4.69, 9.17) is 5.73 Å². The van der Waals surface area contributed by atoms with Crippen LogP contribution in [0, 0.1) is 0 Å². The fraction of sp³-hybridized carbons (Fsp3) is 0.636. The zero-order chi connectivity index (χ0) is 10.8. The first-order chi connectivity index (χ1) is 6.39. The third-order valence-corrected chi connectivity index (χ3v) is 1.92. The predicted octanol–water partition coefficient (Wildman–Crippen LogP) is 1.66. The molecule has 0 bridgehead atoms. The molecule has 0 aliphatic heterocycles. The first-order valence-electron chi connectivity index (χ1n) is 4.97. The van der Waals surface area contributed by atoms with Crippen LogP contribution in [0.1, 0.15) is 39.2 Å². The van der Waals surface area contributed by atoms with Gasteiger partial charge in [-0.15, -0.1) is 0 Å². The lowest BCUT2D eigenvalue weighted by Gasteiger charge is -2.17. The molecule has 0 spiro atoms. The van der Waals surface area contributed by atoms with Gasteiger partial charge >= 0.3 is 0 Å². The number of rotatable bonds is 2. The van der Waals surface area contributed by atoms with Crippen molar-refractivity contribution in [2.24, 2.45) is 5.73 Å². The minimum Gasteiger partial charge on any atom is -0.328 e. The van der Waals surface area contributed by atoms with Gasteiger partial charge in [0.25, 0.3) is 0 Å². The highest BCUT2D eigenvalue weighted by atomic mass is 14.9. The van der Waals surface area contributed by atoms with Crippen LogP contribution < -0.4 is 5.73 Å². The largest absolute Gasteiger partial charge is 0.328 e. The van der Waals surface area contributed by atoms with E-state index in [1.54, 1.807) is 0 Å². The topological polar surface area (TPSA) is 51.8 Å². The monoisotopic (exact) mass is 193 g/mol. The zero-order valence-corrected chi connectivity index (χ0v) is 9.41. The van der Waals surface area contributed by atoms with Crippen molar-refractivity contribution in [2.75, 3.05) is 0 Å². The van der Waals surface area contributed by atoms with Gasteiger partial charge in [-0.1, -0.05) is 20.8 Å². The second kappa shape index (κ2) is 4.05. The van der Waals surface area contributed by atoms with E-state index >= 15 is 0 Å². The minimum atomic E-state index is 0.00778. The van der Waals surface area contributed by atoms with Gasteiger partial charge in [0.2, 0.25) is 0 Å². The maximum Gasteiger partial charge on any atom is 0.133 e. The predicted molar refractivity (Wildman–Crippen MR) is 58.1 cm³/mol. The average Bonchev–Trinajstić information content (AvgIpc) is 2.01. The molecule has 0 aliphatic rings. The molecule has 0 amide bonds. The summed E-state index contributed by atoms with van der Waals surface area (Å²) in [6, 6.07) is 2.08. The van der Waals surface area contributed by atoms with Gasteiger partial charge in [0.1, 0.15) is 5.82 Å². The lowest BCUT2D eigenvalue weighted by Crippen LogP contribution is -2.21. The van der Waals surface area contributed by atoms with Crippen LogP contribution in [-0.2, 0) is 11.8 Å². The number of hydrogen-bond donors (Lipinski definition) is 1. The number of hydrogen-bond acceptors (Lipinski definition) is 3. The van der Waals surface area contributed by atoms with Crippen LogP contribution in [0.2, 0.25) is 0 Å². The van der Waals surface area contributed by atoms with E-state index in [1.807, 2.05) is 19.2 Å². The molecular weight excluding hydrogens is 174 g/mol. The summed E-state index contributed by atoms with van der Waals surface area (Å²) in [5, 5.41) is 0. The molecule has 2 N–H and O–H groups in total. The summed E-state index contributed by atoms with van der Waals surface area (Å²) >= 11 is 0. The summed E-state index contributed by atoms with van der Waals surface area (Å²) in [7, 11) is 0. The van der Waals surface area contributed by atoms with Crippen molar-refractivity contribution in [3.63, 3.8) is 0 Å².